The van der Waals surface area contributed by atoms with E-state index in [2.05, 4.69) is 44.5 Å². The van der Waals surface area contributed by atoms with E-state index in [1.54, 1.807) is 6.33 Å². The van der Waals surface area contributed by atoms with E-state index in [9.17, 15) is 0 Å². The van der Waals surface area contributed by atoms with E-state index in [1.807, 2.05) is 60.7 Å². The fraction of sp³-hybridized carbons (Fsp3) is 0.120. The number of hydrogen-bond acceptors (Lipinski definition) is 5. The van der Waals surface area contributed by atoms with Gasteiger partial charge in [-0.1, -0.05) is 84.4 Å². The lowest BCUT2D eigenvalue weighted by Crippen LogP contribution is -2.25. The van der Waals surface area contributed by atoms with Crippen LogP contribution in [0.25, 0.3) is 0 Å². The fourth-order valence-corrected chi connectivity index (χ4v) is 3.51. The predicted molar refractivity (Wildman–Crippen MR) is 128 cm³/mol. The standard InChI is InChI=1S/C25H24ClN5/c26-22-13-11-19(12-14-22)15-28-24-23(27)25(30-18-29-24)31(16-20-7-3-1-4-8-20)17-21-9-5-2-6-10-21/h1-14,18H,15-17,27H2,(H,28,29,30). The third-order valence-electron chi connectivity index (χ3n) is 4.97. The summed E-state index contributed by atoms with van der Waals surface area (Å²) in [4.78, 5) is 11.1. The van der Waals surface area contributed by atoms with Gasteiger partial charge in [0.25, 0.3) is 0 Å². The van der Waals surface area contributed by atoms with Gasteiger partial charge in [0.2, 0.25) is 0 Å². The molecule has 0 aliphatic carbocycles. The van der Waals surface area contributed by atoms with Crippen LogP contribution in [0.15, 0.2) is 91.3 Å². The van der Waals surface area contributed by atoms with Crippen LogP contribution in [0.5, 0.6) is 0 Å². The highest BCUT2D eigenvalue weighted by Crippen LogP contribution is 2.29. The number of nitrogens with zero attached hydrogens (tertiary/aromatic N) is 3. The molecule has 0 aliphatic heterocycles. The van der Waals surface area contributed by atoms with Crippen LogP contribution in [0.1, 0.15) is 16.7 Å². The second-order valence-corrected chi connectivity index (χ2v) is 7.70. The summed E-state index contributed by atoms with van der Waals surface area (Å²) in [6.07, 6.45) is 1.55. The fourth-order valence-electron chi connectivity index (χ4n) is 3.38. The van der Waals surface area contributed by atoms with Crippen molar-refractivity contribution in [2.75, 3.05) is 16.0 Å². The van der Waals surface area contributed by atoms with Crippen molar-refractivity contribution in [1.29, 1.82) is 0 Å². The molecule has 0 atom stereocenters. The Morgan fingerprint density at radius 1 is 0.742 bits per heavy atom. The molecule has 0 fully saturated rings. The van der Waals surface area contributed by atoms with Crippen molar-refractivity contribution in [3.8, 4) is 0 Å². The first-order valence-corrected chi connectivity index (χ1v) is 10.5. The highest BCUT2D eigenvalue weighted by molar-refractivity contribution is 6.30. The Kier molecular flexibility index (Phi) is 6.65. The van der Waals surface area contributed by atoms with Crippen LogP contribution in [-0.2, 0) is 19.6 Å². The molecule has 1 heterocycles. The molecule has 5 nitrogen and oxygen atoms in total. The van der Waals surface area contributed by atoms with Crippen LogP contribution < -0.4 is 16.0 Å². The zero-order chi connectivity index (χ0) is 21.5. The molecule has 31 heavy (non-hydrogen) atoms. The second kappa shape index (κ2) is 9.96. The van der Waals surface area contributed by atoms with Gasteiger partial charge in [-0.25, -0.2) is 9.97 Å². The molecular formula is C25H24ClN5. The van der Waals surface area contributed by atoms with E-state index in [-0.39, 0.29) is 0 Å². The highest BCUT2D eigenvalue weighted by atomic mass is 35.5. The maximum Gasteiger partial charge on any atom is 0.158 e. The molecule has 4 rings (SSSR count). The molecule has 4 aromatic rings. The van der Waals surface area contributed by atoms with Crippen molar-refractivity contribution in [2.24, 2.45) is 0 Å². The number of aromatic nitrogens is 2. The van der Waals surface area contributed by atoms with Crippen molar-refractivity contribution in [3.63, 3.8) is 0 Å². The number of halogens is 1. The molecule has 0 saturated heterocycles. The lowest BCUT2D eigenvalue weighted by atomic mass is 10.1. The number of benzene rings is 3. The molecule has 3 N–H and O–H groups in total. The van der Waals surface area contributed by atoms with Crippen molar-refractivity contribution in [1.82, 2.24) is 9.97 Å². The SMILES string of the molecule is Nc1c(NCc2ccc(Cl)cc2)ncnc1N(Cc1ccccc1)Cc1ccccc1. The van der Waals surface area contributed by atoms with Crippen molar-refractivity contribution < 1.29 is 0 Å². The summed E-state index contributed by atoms with van der Waals surface area (Å²) >= 11 is 5.98. The third-order valence-corrected chi connectivity index (χ3v) is 5.22. The monoisotopic (exact) mass is 429 g/mol. The Hall–Kier alpha value is -3.57. The van der Waals surface area contributed by atoms with Gasteiger partial charge in [0.1, 0.15) is 12.0 Å². The first-order chi connectivity index (χ1) is 15.2. The van der Waals surface area contributed by atoms with Gasteiger partial charge in [-0.2, -0.15) is 0 Å². The number of nitrogens with one attached hydrogen (secondary N) is 1. The average molecular weight is 430 g/mol. The second-order valence-electron chi connectivity index (χ2n) is 7.27. The molecule has 0 amide bonds. The van der Waals surface area contributed by atoms with E-state index in [0.29, 0.717) is 42.0 Å². The van der Waals surface area contributed by atoms with Crippen LogP contribution in [0.2, 0.25) is 5.02 Å². The Labute approximate surface area is 187 Å². The minimum atomic E-state index is 0.531. The van der Waals surface area contributed by atoms with Crippen LogP contribution >= 0.6 is 11.6 Å². The van der Waals surface area contributed by atoms with Gasteiger partial charge in [0.15, 0.2) is 11.6 Å². The number of rotatable bonds is 8. The zero-order valence-corrected chi connectivity index (χ0v) is 17.8. The van der Waals surface area contributed by atoms with Crippen LogP contribution in [0, 0.1) is 0 Å². The predicted octanol–water partition coefficient (Wildman–Crippen LogP) is 5.53. The summed E-state index contributed by atoms with van der Waals surface area (Å²) in [5.41, 5.74) is 10.5. The molecule has 0 unspecified atom stereocenters. The van der Waals surface area contributed by atoms with Gasteiger partial charge in [-0.15, -0.1) is 0 Å². The van der Waals surface area contributed by atoms with E-state index in [0.717, 1.165) is 5.56 Å². The molecule has 0 radical (unpaired) electrons. The number of anilines is 3. The summed E-state index contributed by atoms with van der Waals surface area (Å²) in [5, 5.41) is 4.04. The minimum absolute atomic E-state index is 0.531. The largest absolute Gasteiger partial charge is 0.393 e. The van der Waals surface area contributed by atoms with Gasteiger partial charge < -0.3 is 16.0 Å². The van der Waals surface area contributed by atoms with Gasteiger partial charge in [-0.05, 0) is 28.8 Å². The maximum absolute atomic E-state index is 6.53. The van der Waals surface area contributed by atoms with Crippen molar-refractivity contribution in [3.05, 3.63) is 113 Å². The molecule has 6 heteroatoms. The maximum atomic E-state index is 6.53. The summed E-state index contributed by atoms with van der Waals surface area (Å²) in [7, 11) is 0. The first-order valence-electron chi connectivity index (χ1n) is 10.1. The third kappa shape index (κ3) is 5.53. The smallest absolute Gasteiger partial charge is 0.158 e. The van der Waals surface area contributed by atoms with E-state index in [1.165, 1.54) is 11.1 Å². The Bertz CT molecular complexity index is 1060. The molecule has 1 aromatic heterocycles. The van der Waals surface area contributed by atoms with Crippen molar-refractivity contribution in [2.45, 2.75) is 19.6 Å². The van der Waals surface area contributed by atoms with Gasteiger partial charge in [0, 0.05) is 24.7 Å². The lowest BCUT2D eigenvalue weighted by Gasteiger charge is -2.26. The van der Waals surface area contributed by atoms with E-state index >= 15 is 0 Å². The number of hydrogen-bond donors (Lipinski definition) is 2. The minimum Gasteiger partial charge on any atom is -0.393 e. The average Bonchev–Trinajstić information content (AvgIpc) is 2.80. The van der Waals surface area contributed by atoms with Gasteiger partial charge in [0.05, 0.1) is 0 Å². The summed E-state index contributed by atoms with van der Waals surface area (Å²) in [6.45, 7) is 1.97. The number of nitrogens with two attached hydrogens (primary N) is 1. The molecule has 0 spiro atoms. The molecule has 0 saturated carbocycles. The van der Waals surface area contributed by atoms with Crippen LogP contribution in [-0.4, -0.2) is 9.97 Å². The van der Waals surface area contributed by atoms with E-state index < -0.39 is 0 Å². The topological polar surface area (TPSA) is 67.1 Å². The normalized spacial score (nSPS) is 10.6. The molecule has 156 valence electrons. The highest BCUT2D eigenvalue weighted by Gasteiger charge is 2.16. The summed E-state index contributed by atoms with van der Waals surface area (Å²) in [5.74, 6) is 1.33. The van der Waals surface area contributed by atoms with Crippen LogP contribution in [0.4, 0.5) is 17.3 Å². The Morgan fingerprint density at radius 2 is 1.32 bits per heavy atom. The number of nitrogen functional groups attached to an aromatic ring is 1. The summed E-state index contributed by atoms with van der Waals surface area (Å²) in [6, 6.07) is 28.3. The van der Waals surface area contributed by atoms with Gasteiger partial charge >= 0.3 is 0 Å². The summed E-state index contributed by atoms with van der Waals surface area (Å²) < 4.78 is 0. The molecular weight excluding hydrogens is 406 g/mol. The molecule has 3 aromatic carbocycles. The Balaban J connectivity index is 1.59. The molecule has 0 aliphatic rings. The first kappa shape index (κ1) is 20.7. The van der Waals surface area contributed by atoms with E-state index in [4.69, 9.17) is 17.3 Å². The van der Waals surface area contributed by atoms with Crippen LogP contribution in [0.3, 0.4) is 0 Å². The zero-order valence-electron chi connectivity index (χ0n) is 17.1. The lowest BCUT2D eigenvalue weighted by molar-refractivity contribution is 0.782. The van der Waals surface area contributed by atoms with Crippen molar-refractivity contribution >= 4 is 28.9 Å². The van der Waals surface area contributed by atoms with Gasteiger partial charge in [-0.3, -0.25) is 0 Å². The quantitative estimate of drug-likeness (QED) is 0.385. The molecule has 0 bridgehead atoms. The Morgan fingerprint density at radius 3 is 1.90 bits per heavy atom.